The van der Waals surface area contributed by atoms with E-state index in [-0.39, 0.29) is 37.5 Å². The van der Waals surface area contributed by atoms with Gasteiger partial charge in [-0.25, -0.2) is 0 Å². The summed E-state index contributed by atoms with van der Waals surface area (Å²) in [4.78, 5) is 37.7. The van der Waals surface area contributed by atoms with E-state index < -0.39 is 6.10 Å². The van der Waals surface area contributed by atoms with E-state index in [4.69, 9.17) is 14.2 Å². The molecular weight excluding hydrogens is 697 g/mol. The van der Waals surface area contributed by atoms with Crippen LogP contribution in [0.25, 0.3) is 0 Å². The molecule has 0 aliphatic heterocycles. The van der Waals surface area contributed by atoms with Crippen LogP contribution in [0.1, 0.15) is 233 Å². The minimum Gasteiger partial charge on any atom is -0.462 e. The predicted octanol–water partition coefficient (Wildman–Crippen LogP) is 15.1. The van der Waals surface area contributed by atoms with E-state index >= 15 is 0 Å². The average molecular weight is 785 g/mol. The molecule has 0 rings (SSSR count). The quantitative estimate of drug-likeness (QED) is 0.0202. The van der Waals surface area contributed by atoms with Crippen LogP contribution in [0, 0.1) is 0 Å². The molecule has 0 saturated carbocycles. The monoisotopic (exact) mass is 785 g/mol. The Kier molecular flexibility index (Phi) is 43.0. The second-order valence-electron chi connectivity index (χ2n) is 15.7. The van der Waals surface area contributed by atoms with Gasteiger partial charge in [0.25, 0.3) is 0 Å². The molecular formula is C50H88O6. The highest BCUT2D eigenvalue weighted by molar-refractivity contribution is 5.71. The summed E-state index contributed by atoms with van der Waals surface area (Å²) in [5.41, 5.74) is 0. The summed E-state index contributed by atoms with van der Waals surface area (Å²) in [6.07, 6.45) is 52.5. The van der Waals surface area contributed by atoms with Gasteiger partial charge in [-0.2, -0.15) is 0 Å². The van der Waals surface area contributed by atoms with Crippen LogP contribution in [0.15, 0.2) is 48.6 Å². The normalized spacial score (nSPS) is 12.4. The first-order valence-electron chi connectivity index (χ1n) is 23.7. The molecule has 0 saturated heterocycles. The van der Waals surface area contributed by atoms with Crippen molar-refractivity contribution in [2.45, 2.75) is 239 Å². The van der Waals surface area contributed by atoms with Crippen molar-refractivity contribution in [1.82, 2.24) is 0 Å². The molecule has 0 radical (unpaired) electrons. The fourth-order valence-corrected chi connectivity index (χ4v) is 6.47. The first-order valence-corrected chi connectivity index (χ1v) is 23.7. The Labute approximate surface area is 346 Å². The van der Waals surface area contributed by atoms with Gasteiger partial charge in [-0.15, -0.1) is 0 Å². The fraction of sp³-hybridized carbons (Fsp3) is 0.780. The van der Waals surface area contributed by atoms with Crippen molar-refractivity contribution in [3.05, 3.63) is 48.6 Å². The lowest BCUT2D eigenvalue weighted by Gasteiger charge is -2.18. The summed E-state index contributed by atoms with van der Waals surface area (Å²) in [7, 11) is 0. The zero-order chi connectivity index (χ0) is 40.8. The smallest absolute Gasteiger partial charge is 0.306 e. The molecule has 324 valence electrons. The second-order valence-corrected chi connectivity index (χ2v) is 15.7. The minimum atomic E-state index is -0.809. The van der Waals surface area contributed by atoms with Crippen LogP contribution < -0.4 is 0 Å². The van der Waals surface area contributed by atoms with Crippen molar-refractivity contribution in [2.24, 2.45) is 0 Å². The summed E-state index contributed by atoms with van der Waals surface area (Å²) in [5, 5.41) is 0. The lowest BCUT2D eigenvalue weighted by Crippen LogP contribution is -2.30. The number of unbranched alkanes of at least 4 members (excludes halogenated alkanes) is 24. The van der Waals surface area contributed by atoms with Gasteiger partial charge in [0.05, 0.1) is 0 Å². The first kappa shape index (κ1) is 53.4. The van der Waals surface area contributed by atoms with E-state index in [1.54, 1.807) is 0 Å². The molecule has 0 aliphatic rings. The summed E-state index contributed by atoms with van der Waals surface area (Å²) >= 11 is 0. The summed E-state index contributed by atoms with van der Waals surface area (Å²) in [6.45, 7) is 6.50. The number of ether oxygens (including phenoxy) is 3. The van der Waals surface area contributed by atoms with Gasteiger partial charge in [0.2, 0.25) is 0 Å². The molecule has 0 aromatic heterocycles. The van der Waals surface area contributed by atoms with Gasteiger partial charge in [-0.3, -0.25) is 14.4 Å². The summed E-state index contributed by atoms with van der Waals surface area (Å²) in [6, 6.07) is 0. The van der Waals surface area contributed by atoms with Crippen LogP contribution in [0.2, 0.25) is 0 Å². The van der Waals surface area contributed by atoms with E-state index in [2.05, 4.69) is 63.3 Å². The number of hydrogen-bond donors (Lipinski definition) is 0. The molecule has 0 spiro atoms. The standard InChI is InChI=1S/C50H88O6/c1-4-7-10-13-16-19-22-24-26-28-31-34-37-40-43-49(52)55-46-47(45-54-48(51)42-39-36-33-30-27-21-18-15-12-9-6-3)56-50(53)44-41-38-35-32-29-25-23-20-17-14-11-8-5-2/h15,18,21,25,27,29,35,38,47H,4-14,16-17,19-20,22-24,26,28,30-34,36-37,39-46H2,1-3H3/b18-15-,27-21-,29-25-,38-35-. The highest BCUT2D eigenvalue weighted by atomic mass is 16.6. The highest BCUT2D eigenvalue weighted by Crippen LogP contribution is 2.14. The van der Waals surface area contributed by atoms with Crippen LogP contribution in [-0.2, 0) is 28.6 Å². The molecule has 6 heteroatoms. The van der Waals surface area contributed by atoms with Gasteiger partial charge in [-0.05, 0) is 57.8 Å². The molecule has 1 unspecified atom stereocenters. The molecule has 0 aromatic rings. The van der Waals surface area contributed by atoms with Gasteiger partial charge in [0, 0.05) is 19.3 Å². The van der Waals surface area contributed by atoms with Gasteiger partial charge in [-0.1, -0.05) is 204 Å². The Morgan fingerprint density at radius 2 is 0.750 bits per heavy atom. The van der Waals surface area contributed by atoms with E-state index in [0.717, 1.165) is 64.2 Å². The zero-order valence-electron chi connectivity index (χ0n) is 36.9. The van der Waals surface area contributed by atoms with E-state index in [1.165, 1.54) is 122 Å². The molecule has 56 heavy (non-hydrogen) atoms. The molecule has 0 aliphatic carbocycles. The van der Waals surface area contributed by atoms with Gasteiger partial charge >= 0.3 is 17.9 Å². The lowest BCUT2D eigenvalue weighted by molar-refractivity contribution is -0.166. The largest absolute Gasteiger partial charge is 0.462 e. The van der Waals surface area contributed by atoms with E-state index in [0.29, 0.717) is 19.3 Å². The van der Waals surface area contributed by atoms with E-state index in [9.17, 15) is 14.4 Å². The number of allylic oxidation sites excluding steroid dienone is 8. The molecule has 0 aromatic carbocycles. The van der Waals surface area contributed by atoms with Crippen LogP contribution in [0.4, 0.5) is 0 Å². The third-order valence-electron chi connectivity index (χ3n) is 10.1. The number of esters is 3. The number of hydrogen-bond acceptors (Lipinski definition) is 6. The van der Waals surface area contributed by atoms with Gasteiger partial charge in [0.1, 0.15) is 13.2 Å². The van der Waals surface area contributed by atoms with Crippen molar-refractivity contribution < 1.29 is 28.6 Å². The van der Waals surface area contributed by atoms with Crippen molar-refractivity contribution in [1.29, 1.82) is 0 Å². The molecule has 1 atom stereocenters. The Morgan fingerprint density at radius 3 is 1.23 bits per heavy atom. The maximum atomic E-state index is 12.7. The molecule has 0 amide bonds. The van der Waals surface area contributed by atoms with E-state index in [1.807, 2.05) is 6.08 Å². The van der Waals surface area contributed by atoms with Crippen molar-refractivity contribution in [3.8, 4) is 0 Å². The van der Waals surface area contributed by atoms with Crippen LogP contribution in [-0.4, -0.2) is 37.2 Å². The maximum Gasteiger partial charge on any atom is 0.306 e. The number of carbonyl (C=O) groups excluding carboxylic acids is 3. The maximum absolute atomic E-state index is 12.7. The highest BCUT2D eigenvalue weighted by Gasteiger charge is 2.19. The Morgan fingerprint density at radius 1 is 0.375 bits per heavy atom. The third-order valence-corrected chi connectivity index (χ3v) is 10.1. The van der Waals surface area contributed by atoms with Gasteiger partial charge < -0.3 is 14.2 Å². The molecule has 0 fully saturated rings. The molecule has 0 heterocycles. The zero-order valence-corrected chi connectivity index (χ0v) is 36.9. The summed E-state index contributed by atoms with van der Waals surface area (Å²) < 4.78 is 16.6. The van der Waals surface area contributed by atoms with Gasteiger partial charge in [0.15, 0.2) is 6.10 Å². The molecule has 0 N–H and O–H groups in total. The Balaban J connectivity index is 4.46. The van der Waals surface area contributed by atoms with Crippen LogP contribution in [0.5, 0.6) is 0 Å². The average Bonchev–Trinajstić information content (AvgIpc) is 3.19. The van der Waals surface area contributed by atoms with Crippen molar-refractivity contribution in [3.63, 3.8) is 0 Å². The first-order chi connectivity index (χ1) is 27.5. The number of rotatable bonds is 42. The fourth-order valence-electron chi connectivity index (χ4n) is 6.47. The van der Waals surface area contributed by atoms with Crippen LogP contribution in [0.3, 0.4) is 0 Å². The second kappa shape index (κ2) is 45.1. The molecule has 6 nitrogen and oxygen atoms in total. The van der Waals surface area contributed by atoms with Crippen molar-refractivity contribution >= 4 is 17.9 Å². The number of carbonyl (C=O) groups is 3. The predicted molar refractivity (Wildman–Crippen MR) is 238 cm³/mol. The third kappa shape index (κ3) is 42.5. The molecule has 0 bridgehead atoms. The van der Waals surface area contributed by atoms with Crippen LogP contribution >= 0.6 is 0 Å². The minimum absolute atomic E-state index is 0.102. The topological polar surface area (TPSA) is 78.9 Å². The lowest BCUT2D eigenvalue weighted by atomic mass is 10.0. The Bertz CT molecular complexity index is 996. The summed E-state index contributed by atoms with van der Waals surface area (Å²) in [5.74, 6) is -0.999. The SMILES string of the molecule is CCCC/C=C\C=C/CCCCCC(=O)OCC(COC(=O)CCCCCCCCCCCCCCCC)OC(=O)CC/C=C\C/C=C\CCCCCCCC. The Hall–Kier alpha value is -2.63. The van der Waals surface area contributed by atoms with Crippen molar-refractivity contribution in [2.75, 3.05) is 13.2 Å².